The predicted octanol–water partition coefficient (Wildman–Crippen LogP) is 2.54. The minimum atomic E-state index is 0.0470. The van der Waals surface area contributed by atoms with Gasteiger partial charge in [0.15, 0.2) is 0 Å². The number of benzene rings is 1. The summed E-state index contributed by atoms with van der Waals surface area (Å²) in [4.78, 5) is 18.4. The van der Waals surface area contributed by atoms with Gasteiger partial charge in [-0.1, -0.05) is 12.1 Å². The number of amides is 1. The Morgan fingerprint density at radius 3 is 2.36 bits per heavy atom. The van der Waals surface area contributed by atoms with E-state index >= 15 is 0 Å². The Bertz CT molecular complexity index is 604. The molecule has 22 heavy (non-hydrogen) atoms. The summed E-state index contributed by atoms with van der Waals surface area (Å²) >= 11 is 0. The first-order valence-electron chi connectivity index (χ1n) is 7.81. The van der Waals surface area contributed by atoms with Gasteiger partial charge in [0, 0.05) is 37.7 Å². The molecule has 1 aromatic heterocycles. The number of pyridine rings is 1. The van der Waals surface area contributed by atoms with Crippen molar-refractivity contribution < 1.29 is 4.79 Å². The zero-order chi connectivity index (χ0) is 15.2. The van der Waals surface area contributed by atoms with E-state index < -0.39 is 0 Å². The van der Waals surface area contributed by atoms with Crippen molar-refractivity contribution >= 4 is 11.6 Å². The van der Waals surface area contributed by atoms with Crippen LogP contribution < -0.4 is 10.2 Å². The lowest BCUT2D eigenvalue weighted by Gasteiger charge is -2.17. The highest BCUT2D eigenvalue weighted by molar-refractivity contribution is 5.78. The second-order valence-corrected chi connectivity index (χ2v) is 5.67. The predicted molar refractivity (Wildman–Crippen MR) is 87.7 cm³/mol. The fourth-order valence-electron chi connectivity index (χ4n) is 2.75. The van der Waals surface area contributed by atoms with Crippen LogP contribution in [0.15, 0.2) is 48.8 Å². The van der Waals surface area contributed by atoms with Gasteiger partial charge in [0.25, 0.3) is 0 Å². The van der Waals surface area contributed by atoms with Crippen molar-refractivity contribution in [2.45, 2.75) is 25.8 Å². The van der Waals surface area contributed by atoms with Crippen molar-refractivity contribution in [2.24, 2.45) is 0 Å². The summed E-state index contributed by atoms with van der Waals surface area (Å²) in [5.74, 6) is 0.0470. The highest BCUT2D eigenvalue weighted by Crippen LogP contribution is 2.20. The summed E-state index contributed by atoms with van der Waals surface area (Å²) in [6.07, 6.45) is 6.45. The van der Waals surface area contributed by atoms with Gasteiger partial charge in [-0.3, -0.25) is 9.78 Å². The molecule has 0 aliphatic carbocycles. The smallest absolute Gasteiger partial charge is 0.224 e. The molecule has 1 aromatic carbocycles. The molecule has 2 heterocycles. The molecule has 4 nitrogen and oxygen atoms in total. The van der Waals surface area contributed by atoms with Crippen molar-refractivity contribution in [3.8, 4) is 0 Å². The minimum Gasteiger partial charge on any atom is -0.372 e. The Labute approximate surface area is 131 Å². The third kappa shape index (κ3) is 3.85. The van der Waals surface area contributed by atoms with Crippen molar-refractivity contribution in [2.75, 3.05) is 18.0 Å². The summed E-state index contributed by atoms with van der Waals surface area (Å²) in [5, 5.41) is 2.94. The molecule has 3 rings (SSSR count). The lowest BCUT2D eigenvalue weighted by Crippen LogP contribution is -2.24. The van der Waals surface area contributed by atoms with Gasteiger partial charge in [0.1, 0.15) is 0 Å². The van der Waals surface area contributed by atoms with Crippen LogP contribution >= 0.6 is 0 Å². The first kappa shape index (κ1) is 14.6. The number of anilines is 1. The fourth-order valence-corrected chi connectivity index (χ4v) is 2.75. The molecule has 114 valence electrons. The first-order valence-corrected chi connectivity index (χ1v) is 7.81. The van der Waals surface area contributed by atoms with Crippen molar-refractivity contribution in [3.63, 3.8) is 0 Å². The van der Waals surface area contributed by atoms with E-state index in [1.165, 1.54) is 18.5 Å². The second-order valence-electron chi connectivity index (χ2n) is 5.67. The molecular formula is C18H21N3O. The van der Waals surface area contributed by atoms with E-state index in [2.05, 4.69) is 39.5 Å². The van der Waals surface area contributed by atoms with Crippen LogP contribution in [0.25, 0.3) is 0 Å². The highest BCUT2D eigenvalue weighted by Gasteiger charge is 2.12. The SMILES string of the molecule is O=C(Cc1ccc(N2CCCC2)cc1)NCc1ccncc1. The maximum Gasteiger partial charge on any atom is 0.224 e. The van der Waals surface area contributed by atoms with Gasteiger partial charge in [0.05, 0.1) is 6.42 Å². The number of nitrogens with one attached hydrogen (secondary N) is 1. The molecule has 1 aliphatic heterocycles. The van der Waals surface area contributed by atoms with E-state index in [-0.39, 0.29) is 5.91 Å². The Hall–Kier alpha value is -2.36. The van der Waals surface area contributed by atoms with Crippen molar-refractivity contribution in [3.05, 3.63) is 59.9 Å². The normalized spacial score (nSPS) is 14.1. The number of nitrogens with zero attached hydrogens (tertiary/aromatic N) is 2. The Balaban J connectivity index is 1.50. The molecule has 0 bridgehead atoms. The number of aromatic nitrogens is 1. The van der Waals surface area contributed by atoms with Gasteiger partial charge >= 0.3 is 0 Å². The van der Waals surface area contributed by atoms with E-state index in [1.807, 2.05) is 12.1 Å². The van der Waals surface area contributed by atoms with Crippen molar-refractivity contribution in [1.29, 1.82) is 0 Å². The van der Waals surface area contributed by atoms with Gasteiger partial charge in [0.2, 0.25) is 5.91 Å². The molecule has 1 aliphatic rings. The quantitative estimate of drug-likeness (QED) is 0.922. The standard InChI is InChI=1S/C18H21N3O/c22-18(20-14-16-7-9-19-10-8-16)13-15-3-5-17(6-4-15)21-11-1-2-12-21/h3-10H,1-2,11-14H2,(H,20,22). The summed E-state index contributed by atoms with van der Waals surface area (Å²) in [7, 11) is 0. The molecule has 2 aromatic rings. The van der Waals surface area contributed by atoms with E-state index in [0.717, 1.165) is 24.2 Å². The van der Waals surface area contributed by atoms with Crippen LogP contribution in [0.2, 0.25) is 0 Å². The molecule has 0 radical (unpaired) electrons. The maximum absolute atomic E-state index is 12.0. The van der Waals surface area contributed by atoms with Crippen LogP contribution in [0.5, 0.6) is 0 Å². The molecule has 0 unspecified atom stereocenters. The summed E-state index contributed by atoms with van der Waals surface area (Å²) < 4.78 is 0. The van der Waals surface area contributed by atoms with Crippen LogP contribution in [0.1, 0.15) is 24.0 Å². The van der Waals surface area contributed by atoms with E-state index in [4.69, 9.17) is 0 Å². The minimum absolute atomic E-state index is 0.0470. The average Bonchev–Trinajstić information content (AvgIpc) is 3.09. The molecule has 0 spiro atoms. The summed E-state index contributed by atoms with van der Waals surface area (Å²) in [6.45, 7) is 2.84. The topological polar surface area (TPSA) is 45.2 Å². The van der Waals surface area contributed by atoms with Gasteiger partial charge in [-0.15, -0.1) is 0 Å². The number of carbonyl (C=O) groups excluding carboxylic acids is 1. The third-order valence-corrected chi connectivity index (χ3v) is 4.01. The molecule has 1 fully saturated rings. The van der Waals surface area contributed by atoms with Crippen LogP contribution in [0, 0.1) is 0 Å². The molecule has 1 N–H and O–H groups in total. The molecule has 4 heteroatoms. The lowest BCUT2D eigenvalue weighted by atomic mass is 10.1. The number of hydrogen-bond acceptors (Lipinski definition) is 3. The van der Waals surface area contributed by atoms with E-state index in [1.54, 1.807) is 12.4 Å². The number of carbonyl (C=O) groups is 1. The van der Waals surface area contributed by atoms with E-state index in [0.29, 0.717) is 13.0 Å². The van der Waals surface area contributed by atoms with Crippen LogP contribution in [-0.2, 0) is 17.8 Å². The molecular weight excluding hydrogens is 274 g/mol. The average molecular weight is 295 g/mol. The summed E-state index contributed by atoms with van der Waals surface area (Å²) in [5.41, 5.74) is 3.38. The van der Waals surface area contributed by atoms with E-state index in [9.17, 15) is 4.79 Å². The number of rotatable bonds is 5. The maximum atomic E-state index is 12.0. The van der Waals surface area contributed by atoms with Gasteiger partial charge < -0.3 is 10.2 Å². The Morgan fingerprint density at radius 1 is 1.00 bits per heavy atom. The van der Waals surface area contributed by atoms with Crippen LogP contribution in [-0.4, -0.2) is 24.0 Å². The first-order chi connectivity index (χ1) is 10.8. The zero-order valence-corrected chi connectivity index (χ0v) is 12.7. The molecule has 0 saturated carbocycles. The largest absolute Gasteiger partial charge is 0.372 e. The second kappa shape index (κ2) is 7.07. The Morgan fingerprint density at radius 2 is 1.68 bits per heavy atom. The molecule has 0 atom stereocenters. The van der Waals surface area contributed by atoms with Gasteiger partial charge in [-0.2, -0.15) is 0 Å². The molecule has 1 saturated heterocycles. The zero-order valence-electron chi connectivity index (χ0n) is 12.7. The van der Waals surface area contributed by atoms with Gasteiger partial charge in [-0.25, -0.2) is 0 Å². The fraction of sp³-hybridized carbons (Fsp3) is 0.333. The lowest BCUT2D eigenvalue weighted by molar-refractivity contribution is -0.120. The monoisotopic (exact) mass is 295 g/mol. The van der Waals surface area contributed by atoms with Gasteiger partial charge in [-0.05, 0) is 48.2 Å². The molecule has 1 amide bonds. The number of hydrogen-bond donors (Lipinski definition) is 1. The Kier molecular flexibility index (Phi) is 4.68. The highest BCUT2D eigenvalue weighted by atomic mass is 16.1. The van der Waals surface area contributed by atoms with Crippen LogP contribution in [0.4, 0.5) is 5.69 Å². The summed E-state index contributed by atoms with van der Waals surface area (Å²) in [6, 6.07) is 12.2. The third-order valence-electron chi connectivity index (χ3n) is 4.01. The van der Waals surface area contributed by atoms with Crippen LogP contribution in [0.3, 0.4) is 0 Å². The van der Waals surface area contributed by atoms with Crippen molar-refractivity contribution in [1.82, 2.24) is 10.3 Å².